The maximum absolute atomic E-state index is 12.8. The number of ether oxygens (including phenoxy) is 1. The lowest BCUT2D eigenvalue weighted by atomic mass is 10.1. The third-order valence-corrected chi connectivity index (χ3v) is 4.81. The van der Waals surface area contributed by atoms with Gasteiger partial charge in [0.2, 0.25) is 0 Å². The van der Waals surface area contributed by atoms with Crippen LogP contribution in [0.15, 0.2) is 48.5 Å². The third kappa shape index (κ3) is 5.01. The van der Waals surface area contributed by atoms with Gasteiger partial charge in [0.1, 0.15) is 5.75 Å². The summed E-state index contributed by atoms with van der Waals surface area (Å²) in [5, 5.41) is 3.43. The van der Waals surface area contributed by atoms with E-state index < -0.39 is 6.10 Å². The van der Waals surface area contributed by atoms with Crippen molar-refractivity contribution < 1.29 is 14.3 Å². The van der Waals surface area contributed by atoms with Crippen LogP contribution in [0.25, 0.3) is 0 Å². The fourth-order valence-corrected chi connectivity index (χ4v) is 3.18. The highest BCUT2D eigenvalue weighted by molar-refractivity contribution is 6.30. The van der Waals surface area contributed by atoms with E-state index in [-0.39, 0.29) is 11.8 Å². The first-order chi connectivity index (χ1) is 13.0. The molecule has 0 aromatic heterocycles. The molecule has 142 valence electrons. The Balaban J connectivity index is 1.68. The number of anilines is 1. The Morgan fingerprint density at radius 1 is 1.04 bits per heavy atom. The molecule has 1 N–H and O–H groups in total. The van der Waals surface area contributed by atoms with E-state index in [2.05, 4.69) is 5.32 Å². The van der Waals surface area contributed by atoms with Crippen molar-refractivity contribution in [3.05, 3.63) is 59.1 Å². The molecule has 2 aromatic rings. The van der Waals surface area contributed by atoms with E-state index in [0.717, 1.165) is 32.4 Å². The highest BCUT2D eigenvalue weighted by atomic mass is 35.5. The molecule has 1 aliphatic rings. The molecule has 3 rings (SSSR count). The van der Waals surface area contributed by atoms with Crippen LogP contribution in [-0.2, 0) is 4.79 Å². The van der Waals surface area contributed by atoms with Crippen molar-refractivity contribution >= 4 is 29.1 Å². The zero-order chi connectivity index (χ0) is 19.2. The van der Waals surface area contributed by atoms with E-state index in [1.807, 2.05) is 4.90 Å². The summed E-state index contributed by atoms with van der Waals surface area (Å²) in [6.07, 6.45) is 2.48. The maximum atomic E-state index is 12.8. The molecule has 6 heteroatoms. The van der Waals surface area contributed by atoms with Gasteiger partial charge in [-0.25, -0.2) is 0 Å². The molecule has 1 atom stereocenters. The molecular formula is C21H23ClN2O3. The minimum atomic E-state index is -0.718. The molecular weight excluding hydrogens is 364 g/mol. The molecule has 0 aliphatic carbocycles. The molecule has 0 bridgehead atoms. The summed E-state index contributed by atoms with van der Waals surface area (Å²) in [5.41, 5.74) is 1.01. The zero-order valence-corrected chi connectivity index (χ0v) is 16.0. The SMILES string of the molecule is C[C@H](Oc1ccc(Cl)cc1)C(=O)Nc1ccccc1C(=O)N1CCCCC1. The first kappa shape index (κ1) is 19.2. The van der Waals surface area contributed by atoms with Crippen molar-refractivity contribution in [1.29, 1.82) is 0 Å². The van der Waals surface area contributed by atoms with Gasteiger partial charge in [-0.1, -0.05) is 23.7 Å². The second kappa shape index (κ2) is 8.91. The highest BCUT2D eigenvalue weighted by Crippen LogP contribution is 2.21. The lowest BCUT2D eigenvalue weighted by molar-refractivity contribution is -0.122. The van der Waals surface area contributed by atoms with Gasteiger partial charge in [0.25, 0.3) is 11.8 Å². The van der Waals surface area contributed by atoms with Crippen molar-refractivity contribution in [1.82, 2.24) is 4.90 Å². The number of hydrogen-bond donors (Lipinski definition) is 1. The number of likely N-dealkylation sites (tertiary alicyclic amines) is 1. The number of piperidine rings is 1. The topological polar surface area (TPSA) is 58.6 Å². The summed E-state index contributed by atoms with van der Waals surface area (Å²) in [5.74, 6) is 0.195. The summed E-state index contributed by atoms with van der Waals surface area (Å²) in [6, 6.07) is 13.9. The Labute approximate surface area is 164 Å². The average molecular weight is 387 g/mol. The van der Waals surface area contributed by atoms with Crippen LogP contribution in [0.3, 0.4) is 0 Å². The van der Waals surface area contributed by atoms with Crippen LogP contribution in [0, 0.1) is 0 Å². The molecule has 2 amide bonds. The van der Waals surface area contributed by atoms with Crippen molar-refractivity contribution in [2.45, 2.75) is 32.3 Å². The van der Waals surface area contributed by atoms with Gasteiger partial charge < -0.3 is 15.0 Å². The number of carbonyl (C=O) groups excluding carboxylic acids is 2. The quantitative estimate of drug-likeness (QED) is 0.829. The van der Waals surface area contributed by atoms with E-state index in [9.17, 15) is 9.59 Å². The number of halogens is 1. The van der Waals surface area contributed by atoms with Crippen molar-refractivity contribution in [2.75, 3.05) is 18.4 Å². The summed E-state index contributed by atoms with van der Waals surface area (Å²) < 4.78 is 5.65. The van der Waals surface area contributed by atoms with Crippen molar-refractivity contribution in [3.8, 4) is 5.75 Å². The predicted molar refractivity (Wildman–Crippen MR) is 106 cm³/mol. The number of amides is 2. The van der Waals surface area contributed by atoms with Crippen LogP contribution >= 0.6 is 11.6 Å². The minimum absolute atomic E-state index is 0.0446. The van der Waals surface area contributed by atoms with Gasteiger partial charge in [-0.3, -0.25) is 9.59 Å². The van der Waals surface area contributed by atoms with Gasteiger partial charge in [-0.2, -0.15) is 0 Å². The Hall–Kier alpha value is -2.53. The molecule has 0 saturated carbocycles. The van der Waals surface area contributed by atoms with Crippen LogP contribution in [0.2, 0.25) is 5.02 Å². The smallest absolute Gasteiger partial charge is 0.265 e. The van der Waals surface area contributed by atoms with Gasteiger partial charge in [0.05, 0.1) is 11.3 Å². The Bertz CT molecular complexity index is 801. The molecule has 0 unspecified atom stereocenters. The van der Waals surface area contributed by atoms with Crippen LogP contribution in [0.5, 0.6) is 5.75 Å². The van der Waals surface area contributed by atoms with Crippen molar-refractivity contribution in [3.63, 3.8) is 0 Å². The highest BCUT2D eigenvalue weighted by Gasteiger charge is 2.22. The average Bonchev–Trinajstić information content (AvgIpc) is 2.70. The van der Waals surface area contributed by atoms with Gasteiger partial charge in [-0.15, -0.1) is 0 Å². The summed E-state index contributed by atoms with van der Waals surface area (Å²) in [4.78, 5) is 27.2. The molecule has 5 nitrogen and oxygen atoms in total. The molecule has 0 radical (unpaired) electrons. The molecule has 1 saturated heterocycles. The summed E-state index contributed by atoms with van der Waals surface area (Å²) in [7, 11) is 0. The number of carbonyl (C=O) groups is 2. The van der Waals surface area contributed by atoms with Crippen LogP contribution in [0.1, 0.15) is 36.5 Å². The van der Waals surface area contributed by atoms with Gasteiger partial charge >= 0.3 is 0 Å². The Morgan fingerprint density at radius 2 is 1.70 bits per heavy atom. The number of rotatable bonds is 5. The number of hydrogen-bond acceptors (Lipinski definition) is 3. The van der Waals surface area contributed by atoms with E-state index >= 15 is 0 Å². The largest absolute Gasteiger partial charge is 0.481 e. The number of nitrogens with one attached hydrogen (secondary N) is 1. The minimum Gasteiger partial charge on any atom is -0.481 e. The van der Waals surface area contributed by atoms with Gasteiger partial charge in [-0.05, 0) is 62.6 Å². The molecule has 1 heterocycles. The van der Waals surface area contributed by atoms with E-state index in [4.69, 9.17) is 16.3 Å². The van der Waals surface area contributed by atoms with Crippen LogP contribution in [-0.4, -0.2) is 35.9 Å². The van der Waals surface area contributed by atoms with E-state index in [1.54, 1.807) is 55.5 Å². The van der Waals surface area contributed by atoms with Gasteiger partial charge in [0, 0.05) is 18.1 Å². The summed E-state index contributed by atoms with van der Waals surface area (Å²) in [6.45, 7) is 3.19. The monoisotopic (exact) mass is 386 g/mol. The number of nitrogens with zero attached hydrogens (tertiary/aromatic N) is 1. The van der Waals surface area contributed by atoms with Crippen molar-refractivity contribution in [2.24, 2.45) is 0 Å². The normalized spacial score (nSPS) is 15.1. The number of benzene rings is 2. The predicted octanol–water partition coefficient (Wildman–Crippen LogP) is 4.37. The first-order valence-corrected chi connectivity index (χ1v) is 9.54. The maximum Gasteiger partial charge on any atom is 0.265 e. The van der Waals surface area contributed by atoms with Crippen LogP contribution in [0.4, 0.5) is 5.69 Å². The third-order valence-electron chi connectivity index (χ3n) is 4.55. The lowest BCUT2D eigenvalue weighted by Gasteiger charge is -2.27. The second-order valence-corrected chi connectivity index (χ2v) is 7.04. The second-order valence-electron chi connectivity index (χ2n) is 6.60. The zero-order valence-electron chi connectivity index (χ0n) is 15.3. The molecule has 1 aliphatic heterocycles. The molecule has 27 heavy (non-hydrogen) atoms. The Kier molecular flexibility index (Phi) is 6.35. The Morgan fingerprint density at radius 3 is 2.41 bits per heavy atom. The van der Waals surface area contributed by atoms with E-state index in [0.29, 0.717) is 22.0 Å². The lowest BCUT2D eigenvalue weighted by Crippen LogP contribution is -2.36. The summed E-state index contributed by atoms with van der Waals surface area (Å²) >= 11 is 5.86. The van der Waals surface area contributed by atoms with Crippen LogP contribution < -0.4 is 10.1 Å². The number of para-hydroxylation sites is 1. The molecule has 0 spiro atoms. The fraction of sp³-hybridized carbons (Fsp3) is 0.333. The molecule has 2 aromatic carbocycles. The first-order valence-electron chi connectivity index (χ1n) is 9.16. The standard InChI is InChI=1S/C21H23ClN2O3/c1-15(27-17-11-9-16(22)10-12-17)20(25)23-19-8-4-3-7-18(19)21(26)24-13-5-2-6-14-24/h3-4,7-12,15H,2,5-6,13-14H2,1H3,(H,23,25)/t15-/m0/s1. The fourth-order valence-electron chi connectivity index (χ4n) is 3.05. The van der Waals surface area contributed by atoms with Gasteiger partial charge in [0.15, 0.2) is 6.10 Å². The van der Waals surface area contributed by atoms with E-state index in [1.165, 1.54) is 0 Å². The molecule has 1 fully saturated rings.